The van der Waals surface area contributed by atoms with Crippen LogP contribution < -0.4 is 5.32 Å². The Labute approximate surface area is 127 Å². The maximum atomic E-state index is 13.4. The number of halogens is 2. The van der Waals surface area contributed by atoms with E-state index in [0.717, 1.165) is 34.5 Å². The lowest BCUT2D eigenvalue weighted by molar-refractivity contribution is 0.398. The molecule has 2 rings (SSSR count). The normalized spacial score (nSPS) is 12.6. The van der Waals surface area contributed by atoms with Crippen LogP contribution in [0.2, 0.25) is 0 Å². The Kier molecular flexibility index (Phi) is 5.38. The number of furan rings is 1. The summed E-state index contributed by atoms with van der Waals surface area (Å²) in [5, 5.41) is 3.46. The molecule has 1 aromatic heterocycles. The third kappa shape index (κ3) is 3.93. The highest BCUT2D eigenvalue weighted by molar-refractivity contribution is 9.10. The number of benzene rings is 1. The fraction of sp³-hybridized carbons (Fsp3) is 0.375. The lowest BCUT2D eigenvalue weighted by atomic mass is 10.0. The van der Waals surface area contributed by atoms with Crippen molar-refractivity contribution in [3.63, 3.8) is 0 Å². The zero-order valence-electron chi connectivity index (χ0n) is 11.7. The van der Waals surface area contributed by atoms with E-state index in [1.165, 1.54) is 6.07 Å². The third-order valence-electron chi connectivity index (χ3n) is 3.18. The topological polar surface area (TPSA) is 25.2 Å². The summed E-state index contributed by atoms with van der Waals surface area (Å²) in [4.78, 5) is 0. The van der Waals surface area contributed by atoms with Crippen LogP contribution >= 0.6 is 15.9 Å². The molecular weight excluding hydrogens is 321 g/mol. The molecule has 1 atom stereocenters. The van der Waals surface area contributed by atoms with Crippen LogP contribution in [-0.4, -0.2) is 6.54 Å². The van der Waals surface area contributed by atoms with Gasteiger partial charge in [0.15, 0.2) is 0 Å². The molecule has 0 saturated carbocycles. The maximum absolute atomic E-state index is 13.4. The minimum absolute atomic E-state index is 0.0572. The number of nitrogens with one attached hydrogen (secondary N) is 1. The van der Waals surface area contributed by atoms with E-state index in [9.17, 15) is 4.39 Å². The predicted molar refractivity (Wildman–Crippen MR) is 82.3 cm³/mol. The van der Waals surface area contributed by atoms with E-state index in [1.807, 2.05) is 19.1 Å². The lowest BCUT2D eigenvalue weighted by Crippen LogP contribution is -2.23. The summed E-state index contributed by atoms with van der Waals surface area (Å²) in [6.07, 6.45) is 1.73. The van der Waals surface area contributed by atoms with E-state index in [-0.39, 0.29) is 11.9 Å². The van der Waals surface area contributed by atoms with Gasteiger partial charge in [0.1, 0.15) is 17.3 Å². The van der Waals surface area contributed by atoms with E-state index in [1.54, 1.807) is 12.1 Å². The van der Waals surface area contributed by atoms with Crippen LogP contribution in [0.5, 0.6) is 0 Å². The molecule has 0 aliphatic rings. The Morgan fingerprint density at radius 2 is 2.10 bits per heavy atom. The monoisotopic (exact) mass is 339 g/mol. The SMILES string of the molecule is CCCNC(Cc1cc(F)ccc1Br)c1ccc(C)o1. The van der Waals surface area contributed by atoms with Crippen molar-refractivity contribution in [2.24, 2.45) is 0 Å². The van der Waals surface area contributed by atoms with Crippen molar-refractivity contribution in [1.29, 1.82) is 0 Å². The van der Waals surface area contributed by atoms with Crippen molar-refractivity contribution in [3.05, 3.63) is 57.7 Å². The van der Waals surface area contributed by atoms with Gasteiger partial charge >= 0.3 is 0 Å². The third-order valence-corrected chi connectivity index (χ3v) is 3.95. The molecule has 0 fully saturated rings. The summed E-state index contributed by atoms with van der Waals surface area (Å²) >= 11 is 3.48. The first kappa shape index (κ1) is 15.3. The summed E-state index contributed by atoms with van der Waals surface area (Å²) in [6, 6.07) is 8.77. The molecule has 1 N–H and O–H groups in total. The summed E-state index contributed by atoms with van der Waals surface area (Å²) < 4.78 is 20.0. The highest BCUT2D eigenvalue weighted by Gasteiger charge is 2.17. The van der Waals surface area contributed by atoms with Gasteiger partial charge in [-0.3, -0.25) is 0 Å². The van der Waals surface area contributed by atoms with E-state index in [2.05, 4.69) is 28.2 Å². The van der Waals surface area contributed by atoms with Gasteiger partial charge in [-0.25, -0.2) is 4.39 Å². The van der Waals surface area contributed by atoms with Crippen LogP contribution in [-0.2, 0) is 6.42 Å². The second-order valence-corrected chi connectivity index (χ2v) is 5.75. The molecule has 2 aromatic rings. The highest BCUT2D eigenvalue weighted by atomic mass is 79.9. The molecule has 0 radical (unpaired) electrons. The first-order chi connectivity index (χ1) is 9.60. The van der Waals surface area contributed by atoms with Crippen LogP contribution in [0.3, 0.4) is 0 Å². The Hall–Kier alpha value is -1.13. The van der Waals surface area contributed by atoms with Crippen LogP contribution in [0.25, 0.3) is 0 Å². The smallest absolute Gasteiger partial charge is 0.123 e. The number of hydrogen-bond donors (Lipinski definition) is 1. The van der Waals surface area contributed by atoms with E-state index < -0.39 is 0 Å². The highest BCUT2D eigenvalue weighted by Crippen LogP contribution is 2.26. The Morgan fingerprint density at radius 1 is 1.30 bits per heavy atom. The fourth-order valence-electron chi connectivity index (χ4n) is 2.15. The Balaban J connectivity index is 2.21. The number of aryl methyl sites for hydroxylation is 1. The molecule has 0 aliphatic carbocycles. The van der Waals surface area contributed by atoms with Gasteiger partial charge in [-0.2, -0.15) is 0 Å². The molecule has 1 heterocycles. The molecule has 0 aliphatic heterocycles. The second kappa shape index (κ2) is 7.04. The van der Waals surface area contributed by atoms with Crippen molar-refractivity contribution in [3.8, 4) is 0 Å². The number of hydrogen-bond acceptors (Lipinski definition) is 2. The molecule has 20 heavy (non-hydrogen) atoms. The Bertz CT molecular complexity index is 567. The minimum atomic E-state index is -0.215. The van der Waals surface area contributed by atoms with Crippen molar-refractivity contribution in [2.75, 3.05) is 6.54 Å². The van der Waals surface area contributed by atoms with E-state index in [4.69, 9.17) is 4.42 Å². The van der Waals surface area contributed by atoms with Gasteiger partial charge in [0.05, 0.1) is 6.04 Å². The fourth-order valence-corrected chi connectivity index (χ4v) is 2.56. The molecule has 1 unspecified atom stereocenters. The minimum Gasteiger partial charge on any atom is -0.465 e. The van der Waals surface area contributed by atoms with Gasteiger partial charge in [0, 0.05) is 4.47 Å². The van der Waals surface area contributed by atoms with Crippen molar-refractivity contribution in [2.45, 2.75) is 32.7 Å². The summed E-state index contributed by atoms with van der Waals surface area (Å²) in [5.41, 5.74) is 0.938. The molecule has 0 amide bonds. The molecule has 0 saturated heterocycles. The first-order valence-electron chi connectivity index (χ1n) is 6.83. The van der Waals surface area contributed by atoms with Crippen molar-refractivity contribution in [1.82, 2.24) is 5.32 Å². The van der Waals surface area contributed by atoms with Crippen LogP contribution in [0.1, 0.15) is 36.5 Å². The van der Waals surface area contributed by atoms with E-state index >= 15 is 0 Å². The molecule has 1 aromatic carbocycles. The van der Waals surface area contributed by atoms with Crippen molar-refractivity contribution < 1.29 is 8.81 Å². The van der Waals surface area contributed by atoms with Gasteiger partial charge in [0.25, 0.3) is 0 Å². The molecule has 4 heteroatoms. The van der Waals surface area contributed by atoms with Gasteiger partial charge in [-0.05, 0) is 62.2 Å². The molecule has 0 spiro atoms. The lowest BCUT2D eigenvalue weighted by Gasteiger charge is -2.17. The quantitative estimate of drug-likeness (QED) is 0.819. The first-order valence-corrected chi connectivity index (χ1v) is 7.63. The molecule has 108 valence electrons. The molecule has 0 bridgehead atoms. The summed E-state index contributed by atoms with van der Waals surface area (Å²) in [6.45, 7) is 4.95. The van der Waals surface area contributed by atoms with Gasteiger partial charge in [-0.15, -0.1) is 0 Å². The molecule has 2 nitrogen and oxygen atoms in total. The van der Waals surface area contributed by atoms with Crippen LogP contribution in [0.15, 0.2) is 39.2 Å². The van der Waals surface area contributed by atoms with Crippen LogP contribution in [0.4, 0.5) is 4.39 Å². The second-order valence-electron chi connectivity index (χ2n) is 4.89. The van der Waals surface area contributed by atoms with Gasteiger partial charge in [-0.1, -0.05) is 22.9 Å². The zero-order chi connectivity index (χ0) is 14.5. The summed E-state index contributed by atoms with van der Waals surface area (Å²) in [7, 11) is 0. The van der Waals surface area contributed by atoms with Gasteiger partial charge < -0.3 is 9.73 Å². The summed E-state index contributed by atoms with van der Waals surface area (Å²) in [5.74, 6) is 1.57. The molecular formula is C16H19BrFNO. The maximum Gasteiger partial charge on any atom is 0.123 e. The Morgan fingerprint density at radius 3 is 2.75 bits per heavy atom. The van der Waals surface area contributed by atoms with Crippen molar-refractivity contribution >= 4 is 15.9 Å². The largest absolute Gasteiger partial charge is 0.465 e. The van der Waals surface area contributed by atoms with E-state index in [0.29, 0.717) is 6.42 Å². The van der Waals surface area contributed by atoms with Crippen LogP contribution in [0, 0.1) is 12.7 Å². The standard InChI is InChI=1S/C16H19BrFNO/c1-3-8-19-15(16-7-4-11(2)20-16)10-12-9-13(18)5-6-14(12)17/h4-7,9,15,19H,3,8,10H2,1-2H3. The average Bonchev–Trinajstić information content (AvgIpc) is 2.85. The predicted octanol–water partition coefficient (Wildman–Crippen LogP) is 4.77. The zero-order valence-corrected chi connectivity index (χ0v) is 13.3. The average molecular weight is 340 g/mol. The van der Waals surface area contributed by atoms with Gasteiger partial charge in [0.2, 0.25) is 0 Å². The number of rotatable bonds is 6.